The Labute approximate surface area is 201 Å². The lowest BCUT2D eigenvalue weighted by atomic mass is 10.1. The third kappa shape index (κ3) is 24.0. The van der Waals surface area contributed by atoms with Gasteiger partial charge in [0.2, 0.25) is 0 Å². The van der Waals surface area contributed by atoms with E-state index in [0.717, 1.165) is 26.0 Å². The van der Waals surface area contributed by atoms with Crippen molar-refractivity contribution in [2.24, 2.45) is 0 Å². The van der Waals surface area contributed by atoms with Gasteiger partial charge in [0.05, 0.1) is 13.7 Å². The van der Waals surface area contributed by atoms with Crippen molar-refractivity contribution in [1.29, 1.82) is 0 Å². The molecule has 4 heteroatoms. The van der Waals surface area contributed by atoms with Gasteiger partial charge in [-0.3, -0.25) is 4.79 Å². The maximum atomic E-state index is 11.1. The summed E-state index contributed by atoms with van der Waals surface area (Å²) in [7, 11) is 3.28. The molecule has 0 saturated heterocycles. The number of hydrogen-bond acceptors (Lipinski definition) is 4. The monoisotopic (exact) mass is 455 g/mol. The van der Waals surface area contributed by atoms with Crippen LogP contribution in [0.15, 0.2) is 0 Å². The quantitative estimate of drug-likeness (QED) is 0.0980. The fourth-order valence-electron chi connectivity index (χ4n) is 4.32. The standard InChI is InChI=1S/C28H57NO3/c1-4-5-6-7-8-9-12-15-18-21-24-29(26-27-31-2)25-22-19-16-13-10-11-14-17-20-23-28(30)32-3/h4-27H2,1-3H3. The molecule has 0 radical (unpaired) electrons. The molecule has 0 aliphatic heterocycles. The Morgan fingerprint density at radius 1 is 0.562 bits per heavy atom. The summed E-state index contributed by atoms with van der Waals surface area (Å²) in [5.74, 6) is -0.0716. The second kappa shape index (κ2) is 26.6. The average Bonchev–Trinajstić information content (AvgIpc) is 2.81. The van der Waals surface area contributed by atoms with Gasteiger partial charge in [0.1, 0.15) is 0 Å². The molecule has 0 aliphatic rings. The van der Waals surface area contributed by atoms with E-state index in [9.17, 15) is 4.79 Å². The lowest BCUT2D eigenvalue weighted by Gasteiger charge is -2.22. The molecule has 0 amide bonds. The zero-order valence-electron chi connectivity index (χ0n) is 22.1. The fraction of sp³-hybridized carbons (Fsp3) is 0.964. The predicted molar refractivity (Wildman–Crippen MR) is 138 cm³/mol. The molecule has 0 N–H and O–H groups in total. The number of methoxy groups -OCH3 is 2. The molecule has 0 fully saturated rings. The van der Waals surface area contributed by atoms with Gasteiger partial charge in [0.25, 0.3) is 0 Å². The number of esters is 1. The third-order valence-electron chi connectivity index (χ3n) is 6.52. The normalized spacial score (nSPS) is 11.4. The number of nitrogens with zero attached hydrogens (tertiary/aromatic N) is 1. The number of unbranched alkanes of at least 4 members (excludes halogenated alkanes) is 17. The molecule has 0 aromatic heterocycles. The van der Waals surface area contributed by atoms with Gasteiger partial charge in [-0.2, -0.15) is 0 Å². The fourth-order valence-corrected chi connectivity index (χ4v) is 4.32. The smallest absolute Gasteiger partial charge is 0.305 e. The SMILES string of the molecule is CCCCCCCCCCCCN(CCCCCCCCCCCC(=O)OC)CCOC. The van der Waals surface area contributed by atoms with Crippen LogP contribution in [0.4, 0.5) is 0 Å². The first kappa shape index (κ1) is 31.4. The van der Waals surface area contributed by atoms with Crippen molar-refractivity contribution in [1.82, 2.24) is 4.90 Å². The molecule has 0 bridgehead atoms. The van der Waals surface area contributed by atoms with Crippen LogP contribution in [-0.4, -0.2) is 51.3 Å². The Bertz CT molecular complexity index is 376. The summed E-state index contributed by atoms with van der Waals surface area (Å²) in [6, 6.07) is 0. The van der Waals surface area contributed by atoms with Gasteiger partial charge in [0.15, 0.2) is 0 Å². The number of ether oxygens (including phenoxy) is 2. The summed E-state index contributed by atoms with van der Waals surface area (Å²) in [5, 5.41) is 0. The van der Waals surface area contributed by atoms with E-state index in [1.807, 2.05) is 7.11 Å². The Morgan fingerprint density at radius 3 is 1.38 bits per heavy atom. The first-order valence-electron chi connectivity index (χ1n) is 14.0. The van der Waals surface area contributed by atoms with Crippen LogP contribution in [-0.2, 0) is 14.3 Å². The molecule has 0 spiro atoms. The summed E-state index contributed by atoms with van der Waals surface area (Å²) in [6.07, 6.45) is 26.1. The molecule has 0 aliphatic carbocycles. The van der Waals surface area contributed by atoms with Gasteiger partial charge in [-0.25, -0.2) is 0 Å². The second-order valence-electron chi connectivity index (χ2n) is 9.52. The molecule has 0 atom stereocenters. The predicted octanol–water partition coefficient (Wildman–Crippen LogP) is 7.93. The van der Waals surface area contributed by atoms with Gasteiger partial charge in [-0.05, 0) is 32.4 Å². The topological polar surface area (TPSA) is 38.8 Å². The minimum Gasteiger partial charge on any atom is -0.469 e. The molecule has 32 heavy (non-hydrogen) atoms. The van der Waals surface area contributed by atoms with Crippen molar-refractivity contribution in [3.05, 3.63) is 0 Å². The molecule has 0 aromatic rings. The van der Waals surface area contributed by atoms with Crippen molar-refractivity contribution < 1.29 is 14.3 Å². The van der Waals surface area contributed by atoms with E-state index in [4.69, 9.17) is 4.74 Å². The first-order chi connectivity index (χ1) is 15.7. The van der Waals surface area contributed by atoms with Crippen LogP contribution in [0.25, 0.3) is 0 Å². The Kier molecular flexibility index (Phi) is 26.1. The van der Waals surface area contributed by atoms with Crippen molar-refractivity contribution in [3.8, 4) is 0 Å². The van der Waals surface area contributed by atoms with Crippen LogP contribution in [0.5, 0.6) is 0 Å². The van der Waals surface area contributed by atoms with E-state index in [2.05, 4.69) is 16.6 Å². The Morgan fingerprint density at radius 2 is 0.969 bits per heavy atom. The molecule has 0 aromatic carbocycles. The molecule has 4 nitrogen and oxygen atoms in total. The third-order valence-corrected chi connectivity index (χ3v) is 6.52. The van der Waals surface area contributed by atoms with Crippen LogP contribution in [0.2, 0.25) is 0 Å². The van der Waals surface area contributed by atoms with Gasteiger partial charge >= 0.3 is 5.97 Å². The molecular weight excluding hydrogens is 398 g/mol. The van der Waals surface area contributed by atoms with Crippen LogP contribution < -0.4 is 0 Å². The number of carbonyl (C=O) groups is 1. The second-order valence-corrected chi connectivity index (χ2v) is 9.52. The van der Waals surface area contributed by atoms with Crippen molar-refractivity contribution in [3.63, 3.8) is 0 Å². The van der Waals surface area contributed by atoms with Gasteiger partial charge in [0, 0.05) is 20.1 Å². The van der Waals surface area contributed by atoms with E-state index in [1.54, 1.807) is 0 Å². The van der Waals surface area contributed by atoms with E-state index in [0.29, 0.717) is 6.42 Å². The zero-order valence-corrected chi connectivity index (χ0v) is 22.1. The largest absolute Gasteiger partial charge is 0.469 e. The first-order valence-corrected chi connectivity index (χ1v) is 14.0. The van der Waals surface area contributed by atoms with E-state index >= 15 is 0 Å². The summed E-state index contributed by atoms with van der Waals surface area (Å²) >= 11 is 0. The molecule has 0 heterocycles. The molecular formula is C28H57NO3. The van der Waals surface area contributed by atoms with Gasteiger partial charge in [-0.1, -0.05) is 110 Å². The van der Waals surface area contributed by atoms with Crippen LogP contribution in [0.1, 0.15) is 135 Å². The molecule has 0 rings (SSSR count). The zero-order chi connectivity index (χ0) is 23.5. The Hall–Kier alpha value is -0.610. The average molecular weight is 456 g/mol. The minimum absolute atomic E-state index is 0.0716. The van der Waals surface area contributed by atoms with Crippen molar-refractivity contribution in [2.45, 2.75) is 135 Å². The highest BCUT2D eigenvalue weighted by atomic mass is 16.5. The maximum absolute atomic E-state index is 11.1. The highest BCUT2D eigenvalue weighted by Crippen LogP contribution is 2.13. The van der Waals surface area contributed by atoms with E-state index in [1.165, 1.54) is 129 Å². The number of rotatable bonds is 26. The van der Waals surface area contributed by atoms with Crippen molar-refractivity contribution in [2.75, 3.05) is 40.5 Å². The Balaban J connectivity index is 3.53. The molecule has 0 unspecified atom stereocenters. The van der Waals surface area contributed by atoms with Gasteiger partial charge < -0.3 is 14.4 Å². The number of carbonyl (C=O) groups excluding carboxylic acids is 1. The lowest BCUT2D eigenvalue weighted by Crippen LogP contribution is -2.29. The molecule has 0 saturated carbocycles. The summed E-state index contributed by atoms with van der Waals surface area (Å²) in [6.45, 7) is 6.70. The van der Waals surface area contributed by atoms with Gasteiger partial charge in [-0.15, -0.1) is 0 Å². The minimum atomic E-state index is -0.0716. The van der Waals surface area contributed by atoms with Crippen LogP contribution >= 0.6 is 0 Å². The van der Waals surface area contributed by atoms with E-state index < -0.39 is 0 Å². The summed E-state index contributed by atoms with van der Waals surface area (Å²) in [5.41, 5.74) is 0. The van der Waals surface area contributed by atoms with E-state index in [-0.39, 0.29) is 5.97 Å². The van der Waals surface area contributed by atoms with Crippen LogP contribution in [0, 0.1) is 0 Å². The molecule has 192 valence electrons. The maximum Gasteiger partial charge on any atom is 0.305 e. The number of hydrogen-bond donors (Lipinski definition) is 0. The van der Waals surface area contributed by atoms with Crippen molar-refractivity contribution >= 4 is 5.97 Å². The van der Waals surface area contributed by atoms with Crippen LogP contribution in [0.3, 0.4) is 0 Å². The summed E-state index contributed by atoms with van der Waals surface area (Å²) in [4.78, 5) is 13.7. The highest BCUT2D eigenvalue weighted by molar-refractivity contribution is 5.68. The highest BCUT2D eigenvalue weighted by Gasteiger charge is 2.05. The summed E-state index contributed by atoms with van der Waals surface area (Å²) < 4.78 is 10.0. The lowest BCUT2D eigenvalue weighted by molar-refractivity contribution is -0.140.